The summed E-state index contributed by atoms with van der Waals surface area (Å²) in [5.74, 6) is 1.62. The van der Waals surface area contributed by atoms with Gasteiger partial charge in [0.25, 0.3) is 0 Å². The Balaban J connectivity index is 2.90. The van der Waals surface area contributed by atoms with Gasteiger partial charge in [-0.1, -0.05) is 126 Å². The van der Waals surface area contributed by atoms with Crippen LogP contribution in [0.2, 0.25) is 0 Å². The van der Waals surface area contributed by atoms with Crippen molar-refractivity contribution in [1.82, 2.24) is 4.90 Å². The largest absolute Gasteiger partial charge is 0.300 e. The molecule has 2 unspecified atom stereocenters. The van der Waals surface area contributed by atoms with E-state index in [2.05, 4.69) is 60.3 Å². The number of hydrogen-bond acceptors (Lipinski definition) is 1. The minimum absolute atomic E-state index is 0.432. The van der Waals surface area contributed by atoms with Gasteiger partial charge in [-0.3, -0.25) is 0 Å². The van der Waals surface area contributed by atoms with Crippen LogP contribution in [0.5, 0.6) is 0 Å². The molecule has 186 valence electrons. The Morgan fingerprint density at radius 2 is 1.26 bits per heavy atom. The zero-order chi connectivity index (χ0) is 23.3. The van der Waals surface area contributed by atoms with Crippen molar-refractivity contribution in [2.75, 3.05) is 13.1 Å². The molecule has 1 heterocycles. The molecule has 1 fully saturated rings. The minimum atomic E-state index is 0.432. The van der Waals surface area contributed by atoms with E-state index in [1.807, 2.05) is 0 Å². The van der Waals surface area contributed by atoms with Crippen LogP contribution in [0, 0.1) is 22.7 Å². The van der Waals surface area contributed by atoms with Crippen LogP contribution in [0.3, 0.4) is 0 Å². The molecular formula is C30H61N. The van der Waals surface area contributed by atoms with Gasteiger partial charge < -0.3 is 4.90 Å². The Morgan fingerprint density at radius 3 is 1.74 bits per heavy atom. The highest BCUT2D eigenvalue weighted by molar-refractivity contribution is 4.91. The third kappa shape index (κ3) is 10.6. The lowest BCUT2D eigenvalue weighted by molar-refractivity contribution is 0.0686. The summed E-state index contributed by atoms with van der Waals surface area (Å²) in [6, 6.07) is 0.821. The lowest BCUT2D eigenvalue weighted by atomic mass is 9.63. The lowest BCUT2D eigenvalue weighted by Crippen LogP contribution is -2.42. The van der Waals surface area contributed by atoms with Crippen molar-refractivity contribution in [1.29, 1.82) is 0 Å². The van der Waals surface area contributed by atoms with Crippen molar-refractivity contribution in [3.63, 3.8) is 0 Å². The molecule has 0 saturated carbocycles. The van der Waals surface area contributed by atoms with E-state index < -0.39 is 0 Å². The molecule has 0 aromatic rings. The maximum atomic E-state index is 2.99. The second-order valence-corrected chi connectivity index (χ2v) is 12.5. The molecule has 1 heteroatoms. The van der Waals surface area contributed by atoms with Crippen LogP contribution in [0.4, 0.5) is 0 Å². The predicted molar refractivity (Wildman–Crippen MR) is 142 cm³/mol. The van der Waals surface area contributed by atoms with Gasteiger partial charge in [0.2, 0.25) is 0 Å². The molecule has 31 heavy (non-hydrogen) atoms. The Kier molecular flexibility index (Phi) is 14.0. The summed E-state index contributed by atoms with van der Waals surface area (Å²) in [7, 11) is 0. The standard InChI is InChI=1S/C30H61N/c1-9-12-14-16-18-20-28(21-19-17-15-13-10-2)31-23-22-26(4)29(5,6)25-30(7,8)27(11-3)24-31/h26-28H,9-25H2,1-8H3. The first-order valence-corrected chi connectivity index (χ1v) is 14.4. The number of rotatable bonds is 14. The SMILES string of the molecule is CCCCCCCC(CCCCCCC)N1CCC(C)C(C)(C)CC(C)(C)C(CC)C1. The van der Waals surface area contributed by atoms with E-state index in [0.29, 0.717) is 10.8 Å². The predicted octanol–water partition coefficient (Wildman–Crippen LogP) is 9.89. The van der Waals surface area contributed by atoms with Crippen molar-refractivity contribution >= 4 is 0 Å². The summed E-state index contributed by atoms with van der Waals surface area (Å²) in [6.07, 6.45) is 21.1. The summed E-state index contributed by atoms with van der Waals surface area (Å²) in [4.78, 5) is 2.99. The first kappa shape index (κ1) is 29.0. The van der Waals surface area contributed by atoms with Gasteiger partial charge >= 0.3 is 0 Å². The van der Waals surface area contributed by atoms with E-state index in [-0.39, 0.29) is 0 Å². The fourth-order valence-electron chi connectivity index (χ4n) is 6.35. The van der Waals surface area contributed by atoms with E-state index in [9.17, 15) is 0 Å². The fraction of sp³-hybridized carbons (Fsp3) is 1.00. The topological polar surface area (TPSA) is 3.24 Å². The van der Waals surface area contributed by atoms with Gasteiger partial charge in [0.05, 0.1) is 0 Å². The summed E-state index contributed by atoms with van der Waals surface area (Å²) in [5, 5.41) is 0. The van der Waals surface area contributed by atoms with Crippen LogP contribution in [0.15, 0.2) is 0 Å². The molecule has 0 spiro atoms. The van der Waals surface area contributed by atoms with Gasteiger partial charge in [-0.2, -0.15) is 0 Å². The van der Waals surface area contributed by atoms with Crippen LogP contribution < -0.4 is 0 Å². The Hall–Kier alpha value is -0.0400. The second kappa shape index (κ2) is 15.0. The van der Waals surface area contributed by atoms with Crippen LogP contribution in [0.25, 0.3) is 0 Å². The van der Waals surface area contributed by atoms with Crippen molar-refractivity contribution in [2.24, 2.45) is 22.7 Å². The van der Waals surface area contributed by atoms with Crippen molar-refractivity contribution in [3.05, 3.63) is 0 Å². The summed E-state index contributed by atoms with van der Waals surface area (Å²) >= 11 is 0. The maximum Gasteiger partial charge on any atom is 0.00953 e. The zero-order valence-corrected chi connectivity index (χ0v) is 23.2. The van der Waals surface area contributed by atoms with Crippen LogP contribution in [-0.2, 0) is 0 Å². The first-order valence-electron chi connectivity index (χ1n) is 14.4. The maximum absolute atomic E-state index is 2.99. The first-order chi connectivity index (χ1) is 14.7. The number of unbranched alkanes of at least 4 members (excludes halogenated alkanes) is 8. The van der Waals surface area contributed by atoms with E-state index in [4.69, 9.17) is 0 Å². The minimum Gasteiger partial charge on any atom is -0.300 e. The Bertz CT molecular complexity index is 424. The summed E-state index contributed by atoms with van der Waals surface area (Å²) in [5.41, 5.74) is 0.880. The smallest absolute Gasteiger partial charge is 0.00953 e. The normalized spacial score (nSPS) is 24.7. The van der Waals surface area contributed by atoms with Crippen LogP contribution in [-0.4, -0.2) is 24.0 Å². The molecule has 1 aliphatic rings. The molecule has 0 aromatic carbocycles. The highest BCUT2D eigenvalue weighted by atomic mass is 15.2. The highest BCUT2D eigenvalue weighted by Crippen LogP contribution is 2.46. The van der Waals surface area contributed by atoms with Crippen molar-refractivity contribution in [2.45, 2.75) is 158 Å². The van der Waals surface area contributed by atoms with Gasteiger partial charge in [0.1, 0.15) is 0 Å². The molecule has 0 aromatic heterocycles. The van der Waals surface area contributed by atoms with Gasteiger partial charge in [-0.25, -0.2) is 0 Å². The third-order valence-electron chi connectivity index (χ3n) is 8.95. The lowest BCUT2D eigenvalue weighted by Gasteiger charge is -2.43. The highest BCUT2D eigenvalue weighted by Gasteiger charge is 2.40. The van der Waals surface area contributed by atoms with Crippen LogP contribution in [0.1, 0.15) is 152 Å². The molecule has 1 rings (SSSR count). The molecular weight excluding hydrogens is 374 g/mol. The van der Waals surface area contributed by atoms with Crippen LogP contribution >= 0.6 is 0 Å². The molecule has 0 amide bonds. The van der Waals surface area contributed by atoms with Gasteiger partial charge in [0.15, 0.2) is 0 Å². The summed E-state index contributed by atoms with van der Waals surface area (Å²) < 4.78 is 0. The zero-order valence-electron chi connectivity index (χ0n) is 23.2. The van der Waals surface area contributed by atoms with Gasteiger partial charge in [-0.15, -0.1) is 0 Å². The van der Waals surface area contributed by atoms with E-state index in [1.54, 1.807) is 0 Å². The number of nitrogens with zero attached hydrogens (tertiary/aromatic N) is 1. The number of hydrogen-bond donors (Lipinski definition) is 0. The van der Waals surface area contributed by atoms with E-state index in [1.165, 1.54) is 109 Å². The molecule has 0 N–H and O–H groups in total. The Morgan fingerprint density at radius 1 is 0.742 bits per heavy atom. The van der Waals surface area contributed by atoms with Crippen molar-refractivity contribution in [3.8, 4) is 0 Å². The molecule has 2 atom stereocenters. The van der Waals surface area contributed by atoms with Gasteiger partial charge in [-0.05, 0) is 54.9 Å². The quantitative estimate of drug-likeness (QED) is 0.245. The summed E-state index contributed by atoms with van der Waals surface area (Å²) in [6.45, 7) is 22.5. The fourth-order valence-corrected chi connectivity index (χ4v) is 6.35. The van der Waals surface area contributed by atoms with Crippen molar-refractivity contribution < 1.29 is 0 Å². The van der Waals surface area contributed by atoms with E-state index >= 15 is 0 Å². The molecule has 1 aliphatic heterocycles. The Labute approximate surface area is 198 Å². The average Bonchev–Trinajstić information content (AvgIpc) is 2.73. The molecule has 0 radical (unpaired) electrons. The molecule has 1 saturated heterocycles. The third-order valence-corrected chi connectivity index (χ3v) is 8.95. The molecule has 1 nitrogen and oxygen atoms in total. The molecule has 0 aliphatic carbocycles. The molecule has 0 bridgehead atoms. The van der Waals surface area contributed by atoms with Gasteiger partial charge in [0, 0.05) is 12.6 Å². The van der Waals surface area contributed by atoms with E-state index in [0.717, 1.165) is 17.9 Å². The average molecular weight is 436 g/mol. The second-order valence-electron chi connectivity index (χ2n) is 12.5. The monoisotopic (exact) mass is 435 g/mol.